The molecule has 1 aliphatic rings. The summed E-state index contributed by atoms with van der Waals surface area (Å²) in [5.41, 5.74) is 0. The van der Waals surface area contributed by atoms with Crippen molar-refractivity contribution in [2.75, 3.05) is 39.8 Å². The van der Waals surface area contributed by atoms with E-state index in [-0.39, 0.29) is 0 Å². The number of nitrogens with one attached hydrogen (secondary N) is 1. The highest BCUT2D eigenvalue weighted by Gasteiger charge is 2.19. The molecule has 4 nitrogen and oxygen atoms in total. The Morgan fingerprint density at radius 3 is 2.80 bits per heavy atom. The number of hydrogen-bond donors (Lipinski definition) is 1. The van der Waals surface area contributed by atoms with Gasteiger partial charge < -0.3 is 15.1 Å². The van der Waals surface area contributed by atoms with Crippen LogP contribution >= 0.6 is 0 Å². The molecule has 0 aliphatic carbocycles. The van der Waals surface area contributed by atoms with E-state index < -0.39 is 0 Å². The second-order valence-electron chi connectivity index (χ2n) is 6.17. The van der Waals surface area contributed by atoms with Gasteiger partial charge in [0, 0.05) is 32.2 Å². The zero-order chi connectivity index (χ0) is 15.0. The largest absolute Gasteiger partial charge is 0.357 e. The predicted octanol–water partition coefficient (Wildman–Crippen LogP) is 2.41. The molecule has 1 saturated heterocycles. The first-order valence-corrected chi connectivity index (χ1v) is 8.31. The van der Waals surface area contributed by atoms with Gasteiger partial charge in [-0.3, -0.25) is 4.99 Å². The molecule has 0 aromatic carbocycles. The van der Waals surface area contributed by atoms with Gasteiger partial charge in [0.1, 0.15) is 0 Å². The number of guanidine groups is 1. The summed E-state index contributed by atoms with van der Waals surface area (Å²) in [5, 5.41) is 3.45. The van der Waals surface area contributed by atoms with Crippen LogP contribution in [0, 0.1) is 5.92 Å². The van der Waals surface area contributed by atoms with Crippen molar-refractivity contribution in [2.24, 2.45) is 10.9 Å². The van der Waals surface area contributed by atoms with Crippen molar-refractivity contribution in [3.63, 3.8) is 0 Å². The smallest absolute Gasteiger partial charge is 0.193 e. The van der Waals surface area contributed by atoms with Gasteiger partial charge >= 0.3 is 0 Å². The van der Waals surface area contributed by atoms with Gasteiger partial charge in [-0.05, 0) is 46.1 Å². The maximum absolute atomic E-state index is 4.82. The van der Waals surface area contributed by atoms with E-state index in [0.29, 0.717) is 6.04 Å². The lowest BCUT2D eigenvalue weighted by molar-refractivity contribution is 0.254. The van der Waals surface area contributed by atoms with E-state index in [1.165, 1.54) is 19.3 Å². The van der Waals surface area contributed by atoms with E-state index in [9.17, 15) is 0 Å². The van der Waals surface area contributed by atoms with Gasteiger partial charge in [0.15, 0.2) is 5.96 Å². The quantitative estimate of drug-likeness (QED) is 0.599. The second kappa shape index (κ2) is 9.22. The van der Waals surface area contributed by atoms with Crippen LogP contribution in [0.3, 0.4) is 0 Å². The van der Waals surface area contributed by atoms with Crippen LogP contribution in [0.4, 0.5) is 0 Å². The Kier molecular flexibility index (Phi) is 7.97. The first-order valence-electron chi connectivity index (χ1n) is 8.31. The lowest BCUT2D eigenvalue weighted by Crippen LogP contribution is -2.46. The van der Waals surface area contributed by atoms with E-state index in [1.54, 1.807) is 0 Å². The van der Waals surface area contributed by atoms with Gasteiger partial charge in [0.05, 0.1) is 6.54 Å². The summed E-state index contributed by atoms with van der Waals surface area (Å²) in [7, 11) is 2.19. The third-order valence-electron chi connectivity index (χ3n) is 4.35. The Balaban J connectivity index is 2.49. The van der Waals surface area contributed by atoms with Crippen LogP contribution in [-0.2, 0) is 0 Å². The van der Waals surface area contributed by atoms with E-state index in [1.807, 2.05) is 0 Å². The van der Waals surface area contributed by atoms with Crippen molar-refractivity contribution in [3.8, 4) is 0 Å². The third-order valence-corrected chi connectivity index (χ3v) is 4.35. The predicted molar refractivity (Wildman–Crippen MR) is 88.3 cm³/mol. The number of aliphatic imine (C=N–C) groups is 1. The summed E-state index contributed by atoms with van der Waals surface area (Å²) < 4.78 is 0. The van der Waals surface area contributed by atoms with Gasteiger partial charge in [-0.25, -0.2) is 0 Å². The van der Waals surface area contributed by atoms with Gasteiger partial charge in [-0.1, -0.05) is 13.8 Å². The molecule has 1 aliphatic heterocycles. The van der Waals surface area contributed by atoms with Crippen LogP contribution in [0.1, 0.15) is 47.0 Å². The first kappa shape index (κ1) is 17.3. The second-order valence-corrected chi connectivity index (χ2v) is 6.17. The van der Waals surface area contributed by atoms with Gasteiger partial charge in [-0.2, -0.15) is 0 Å². The van der Waals surface area contributed by atoms with Crippen LogP contribution in [0.5, 0.6) is 0 Å². The number of piperidine rings is 1. The molecular weight excluding hydrogens is 248 g/mol. The normalized spacial score (nSPS) is 22.2. The summed E-state index contributed by atoms with van der Waals surface area (Å²) in [6, 6.07) is 0.641. The highest BCUT2D eigenvalue weighted by molar-refractivity contribution is 5.80. The molecule has 2 atom stereocenters. The summed E-state index contributed by atoms with van der Waals surface area (Å²) >= 11 is 0. The Hall–Kier alpha value is -0.770. The maximum atomic E-state index is 4.82. The Labute approximate surface area is 125 Å². The highest BCUT2D eigenvalue weighted by Crippen LogP contribution is 2.15. The van der Waals surface area contributed by atoms with Crippen LogP contribution in [-0.4, -0.2) is 61.6 Å². The van der Waals surface area contributed by atoms with Crippen molar-refractivity contribution in [1.82, 2.24) is 15.1 Å². The molecule has 118 valence electrons. The lowest BCUT2D eigenvalue weighted by atomic mass is 10.0. The van der Waals surface area contributed by atoms with E-state index in [2.05, 4.69) is 49.9 Å². The SMILES string of the molecule is CCNC(=NCCN(C)C(C)CC)N1CCCC(C)C1. The van der Waals surface area contributed by atoms with Gasteiger partial charge in [-0.15, -0.1) is 0 Å². The monoisotopic (exact) mass is 282 g/mol. The number of rotatable bonds is 6. The van der Waals surface area contributed by atoms with E-state index in [4.69, 9.17) is 4.99 Å². The molecule has 0 aromatic rings. The zero-order valence-electron chi connectivity index (χ0n) is 14.2. The fraction of sp³-hybridized carbons (Fsp3) is 0.938. The summed E-state index contributed by atoms with van der Waals surface area (Å²) in [6.07, 6.45) is 3.84. The molecule has 1 N–H and O–H groups in total. The van der Waals surface area contributed by atoms with E-state index in [0.717, 1.165) is 44.6 Å². The van der Waals surface area contributed by atoms with Crippen molar-refractivity contribution in [2.45, 2.75) is 53.0 Å². The molecule has 1 fully saturated rings. The average Bonchev–Trinajstić information content (AvgIpc) is 2.45. The molecule has 0 bridgehead atoms. The molecule has 0 saturated carbocycles. The standard InChI is InChI=1S/C16H34N4/c1-6-15(4)19(5)12-10-18-16(17-7-2)20-11-8-9-14(3)13-20/h14-15H,6-13H2,1-5H3,(H,17,18). The lowest BCUT2D eigenvalue weighted by Gasteiger charge is -2.33. The Bertz CT molecular complexity index is 290. The van der Waals surface area contributed by atoms with Crippen LogP contribution in [0.25, 0.3) is 0 Å². The van der Waals surface area contributed by atoms with Crippen LogP contribution in [0.2, 0.25) is 0 Å². The molecule has 0 aromatic heterocycles. The fourth-order valence-electron chi connectivity index (χ4n) is 2.65. The molecular formula is C16H34N4. The van der Waals surface area contributed by atoms with Gasteiger partial charge in [0.2, 0.25) is 0 Å². The highest BCUT2D eigenvalue weighted by atomic mass is 15.3. The van der Waals surface area contributed by atoms with Crippen molar-refractivity contribution in [3.05, 3.63) is 0 Å². The molecule has 4 heteroatoms. The minimum atomic E-state index is 0.641. The summed E-state index contributed by atoms with van der Waals surface area (Å²) in [5.74, 6) is 1.90. The van der Waals surface area contributed by atoms with Gasteiger partial charge in [0.25, 0.3) is 0 Å². The minimum Gasteiger partial charge on any atom is -0.357 e. The topological polar surface area (TPSA) is 30.9 Å². The minimum absolute atomic E-state index is 0.641. The number of nitrogens with zero attached hydrogens (tertiary/aromatic N) is 3. The van der Waals surface area contributed by atoms with Crippen molar-refractivity contribution >= 4 is 5.96 Å². The summed E-state index contributed by atoms with van der Waals surface area (Å²) in [6.45, 7) is 14.2. The number of hydrogen-bond acceptors (Lipinski definition) is 2. The first-order chi connectivity index (χ1) is 9.58. The molecule has 0 amide bonds. The van der Waals surface area contributed by atoms with E-state index >= 15 is 0 Å². The molecule has 1 rings (SSSR count). The Morgan fingerprint density at radius 2 is 2.20 bits per heavy atom. The Morgan fingerprint density at radius 1 is 1.45 bits per heavy atom. The molecule has 0 radical (unpaired) electrons. The third kappa shape index (κ3) is 5.70. The molecule has 1 heterocycles. The molecule has 2 unspecified atom stereocenters. The zero-order valence-corrected chi connectivity index (χ0v) is 14.2. The average molecular weight is 282 g/mol. The number of likely N-dealkylation sites (tertiary alicyclic amines) is 1. The van der Waals surface area contributed by atoms with Crippen molar-refractivity contribution < 1.29 is 0 Å². The molecule has 20 heavy (non-hydrogen) atoms. The summed E-state index contributed by atoms with van der Waals surface area (Å²) in [4.78, 5) is 9.64. The molecule has 0 spiro atoms. The van der Waals surface area contributed by atoms with Crippen LogP contribution < -0.4 is 5.32 Å². The van der Waals surface area contributed by atoms with Crippen LogP contribution in [0.15, 0.2) is 4.99 Å². The van der Waals surface area contributed by atoms with Crippen molar-refractivity contribution in [1.29, 1.82) is 0 Å². The maximum Gasteiger partial charge on any atom is 0.193 e. The fourth-order valence-corrected chi connectivity index (χ4v) is 2.65. The number of likely N-dealkylation sites (N-methyl/N-ethyl adjacent to an activating group) is 1.